The number of alkyl halides is 3. The van der Waals surface area contributed by atoms with Gasteiger partial charge in [0.25, 0.3) is 0 Å². The molecule has 0 aromatic carbocycles. The third-order valence-electron chi connectivity index (χ3n) is 5.61. The van der Waals surface area contributed by atoms with Crippen LogP contribution in [0.2, 0.25) is 0 Å². The van der Waals surface area contributed by atoms with Crippen molar-refractivity contribution in [3.05, 3.63) is 41.7 Å². The van der Waals surface area contributed by atoms with Crippen LogP contribution in [0.3, 0.4) is 0 Å². The maximum Gasteiger partial charge on any atom is 0.490 e. The minimum absolute atomic E-state index is 0.0784. The number of aliphatic carboxylic acids is 1. The fourth-order valence-corrected chi connectivity index (χ4v) is 3.97. The van der Waals surface area contributed by atoms with Crippen molar-refractivity contribution in [1.29, 1.82) is 0 Å². The SMILES string of the molecule is CC(C)=CC(=O)N1CCCC2(CC1)CCN(Cc1cccnc1)C2=O.O=C(O)C(F)(F)F. The fourth-order valence-electron chi connectivity index (χ4n) is 3.97. The van der Waals surface area contributed by atoms with Crippen LogP contribution < -0.4 is 0 Å². The molecule has 1 spiro atoms. The lowest BCUT2D eigenvalue weighted by molar-refractivity contribution is -0.192. The summed E-state index contributed by atoms with van der Waals surface area (Å²) in [6.45, 7) is 6.74. The number of pyridine rings is 1. The van der Waals surface area contributed by atoms with Crippen LogP contribution >= 0.6 is 0 Å². The lowest BCUT2D eigenvalue weighted by Crippen LogP contribution is -2.36. The van der Waals surface area contributed by atoms with Gasteiger partial charge in [0.05, 0.1) is 5.41 Å². The third-order valence-corrected chi connectivity index (χ3v) is 5.61. The Morgan fingerprint density at radius 3 is 2.41 bits per heavy atom. The number of carboxylic acid groups (broad SMARTS) is 1. The molecule has 0 bridgehead atoms. The monoisotopic (exact) mass is 455 g/mol. The Morgan fingerprint density at radius 1 is 1.19 bits per heavy atom. The van der Waals surface area contributed by atoms with E-state index in [1.807, 2.05) is 42.0 Å². The van der Waals surface area contributed by atoms with Gasteiger partial charge >= 0.3 is 12.1 Å². The highest BCUT2D eigenvalue weighted by molar-refractivity contribution is 5.88. The summed E-state index contributed by atoms with van der Waals surface area (Å²) in [6, 6.07) is 3.92. The Morgan fingerprint density at radius 2 is 1.84 bits per heavy atom. The molecule has 2 aliphatic rings. The van der Waals surface area contributed by atoms with Crippen LogP contribution in [-0.4, -0.2) is 63.5 Å². The van der Waals surface area contributed by atoms with E-state index in [1.165, 1.54) is 0 Å². The van der Waals surface area contributed by atoms with E-state index in [-0.39, 0.29) is 17.2 Å². The summed E-state index contributed by atoms with van der Waals surface area (Å²) >= 11 is 0. The number of carbonyl (C=O) groups is 3. The minimum Gasteiger partial charge on any atom is -0.475 e. The van der Waals surface area contributed by atoms with Gasteiger partial charge in [-0.2, -0.15) is 13.2 Å². The summed E-state index contributed by atoms with van der Waals surface area (Å²) in [7, 11) is 0. The van der Waals surface area contributed by atoms with Gasteiger partial charge in [-0.25, -0.2) is 4.79 Å². The number of allylic oxidation sites excluding steroid dienone is 1. The average Bonchev–Trinajstić information content (AvgIpc) is 2.89. The molecular formula is C22H28F3N3O4. The number of hydrogen-bond acceptors (Lipinski definition) is 4. The van der Waals surface area contributed by atoms with E-state index in [0.29, 0.717) is 13.1 Å². The molecule has 2 fully saturated rings. The van der Waals surface area contributed by atoms with Crippen LogP contribution in [0, 0.1) is 5.41 Å². The van der Waals surface area contributed by atoms with Crippen molar-refractivity contribution in [2.45, 2.75) is 52.3 Å². The van der Waals surface area contributed by atoms with E-state index in [0.717, 1.165) is 49.9 Å². The van der Waals surface area contributed by atoms with Crippen LogP contribution in [0.15, 0.2) is 36.2 Å². The van der Waals surface area contributed by atoms with Gasteiger partial charge in [0.1, 0.15) is 0 Å². The van der Waals surface area contributed by atoms with E-state index in [1.54, 1.807) is 12.3 Å². The van der Waals surface area contributed by atoms with Gasteiger partial charge in [0.2, 0.25) is 11.8 Å². The van der Waals surface area contributed by atoms with E-state index in [9.17, 15) is 22.8 Å². The molecule has 7 nitrogen and oxygen atoms in total. The molecule has 0 saturated carbocycles. The number of nitrogens with zero attached hydrogens (tertiary/aromatic N) is 3. The lowest BCUT2D eigenvalue weighted by atomic mass is 9.79. The average molecular weight is 455 g/mol. The maximum absolute atomic E-state index is 13.1. The van der Waals surface area contributed by atoms with Crippen molar-refractivity contribution in [1.82, 2.24) is 14.8 Å². The van der Waals surface area contributed by atoms with Gasteiger partial charge in [-0.05, 0) is 51.2 Å². The zero-order valence-corrected chi connectivity index (χ0v) is 18.2. The lowest BCUT2D eigenvalue weighted by Gasteiger charge is -2.26. The molecule has 2 aliphatic heterocycles. The van der Waals surface area contributed by atoms with Crippen molar-refractivity contribution in [3.8, 4) is 0 Å². The zero-order chi connectivity index (χ0) is 23.9. The first kappa shape index (κ1) is 25.4. The van der Waals surface area contributed by atoms with Crippen molar-refractivity contribution in [2.24, 2.45) is 5.41 Å². The largest absolute Gasteiger partial charge is 0.490 e. The van der Waals surface area contributed by atoms with Crippen molar-refractivity contribution < 1.29 is 32.7 Å². The van der Waals surface area contributed by atoms with Crippen molar-refractivity contribution in [2.75, 3.05) is 19.6 Å². The van der Waals surface area contributed by atoms with Gasteiger partial charge < -0.3 is 14.9 Å². The Labute approximate surface area is 184 Å². The highest BCUT2D eigenvalue weighted by Gasteiger charge is 2.47. The highest BCUT2D eigenvalue weighted by Crippen LogP contribution is 2.42. The number of aromatic nitrogens is 1. The van der Waals surface area contributed by atoms with E-state index in [4.69, 9.17) is 9.90 Å². The first-order valence-corrected chi connectivity index (χ1v) is 10.4. The van der Waals surface area contributed by atoms with Crippen molar-refractivity contribution >= 4 is 17.8 Å². The number of carboxylic acids is 1. The third kappa shape index (κ3) is 6.80. The molecule has 2 amide bonds. The van der Waals surface area contributed by atoms with Crippen LogP contribution in [0.4, 0.5) is 13.2 Å². The molecular weight excluding hydrogens is 427 g/mol. The molecule has 176 valence electrons. The molecule has 1 N–H and O–H groups in total. The molecule has 1 unspecified atom stereocenters. The van der Waals surface area contributed by atoms with E-state index in [2.05, 4.69) is 4.98 Å². The zero-order valence-electron chi connectivity index (χ0n) is 18.2. The highest BCUT2D eigenvalue weighted by atomic mass is 19.4. The number of rotatable bonds is 3. The van der Waals surface area contributed by atoms with Crippen molar-refractivity contribution in [3.63, 3.8) is 0 Å². The number of hydrogen-bond donors (Lipinski definition) is 1. The summed E-state index contributed by atoms with van der Waals surface area (Å²) in [5.41, 5.74) is 1.81. The molecule has 3 rings (SSSR count). The second-order valence-corrected chi connectivity index (χ2v) is 8.32. The molecule has 1 atom stereocenters. The summed E-state index contributed by atoms with van der Waals surface area (Å²) in [5, 5.41) is 7.12. The first-order valence-electron chi connectivity index (χ1n) is 10.4. The van der Waals surface area contributed by atoms with Gasteiger partial charge in [0, 0.05) is 44.6 Å². The first-order chi connectivity index (χ1) is 14.9. The Bertz CT molecular complexity index is 854. The molecule has 1 aromatic rings. The standard InChI is InChI=1S/C20H27N3O2.C2HF3O2/c1-16(2)13-18(24)22-10-4-6-20(7-11-22)8-12-23(19(20)25)15-17-5-3-9-21-14-17;3-2(4,5)1(6)7/h3,5,9,13-14H,4,6-8,10-12,15H2,1-2H3;(H,6,7). The molecule has 3 heterocycles. The minimum atomic E-state index is -5.08. The Hall–Kier alpha value is -2.91. The molecule has 2 saturated heterocycles. The molecule has 0 radical (unpaired) electrons. The molecule has 1 aromatic heterocycles. The fraction of sp³-hybridized carbons (Fsp3) is 0.545. The van der Waals surface area contributed by atoms with E-state index >= 15 is 0 Å². The van der Waals surface area contributed by atoms with Crippen LogP contribution in [0.25, 0.3) is 0 Å². The second kappa shape index (κ2) is 10.6. The van der Waals surface area contributed by atoms with Gasteiger partial charge in [0.15, 0.2) is 0 Å². The number of halogens is 3. The normalized spacial score (nSPS) is 21.0. The number of amides is 2. The van der Waals surface area contributed by atoms with Crippen LogP contribution in [0.1, 0.15) is 45.1 Å². The smallest absolute Gasteiger partial charge is 0.475 e. The van der Waals surface area contributed by atoms with Gasteiger partial charge in [-0.15, -0.1) is 0 Å². The number of carbonyl (C=O) groups excluding carboxylic acids is 2. The maximum atomic E-state index is 13.1. The quantitative estimate of drug-likeness (QED) is 0.706. The Balaban J connectivity index is 0.000000451. The topological polar surface area (TPSA) is 90.8 Å². The van der Waals surface area contributed by atoms with Crippen LogP contribution in [-0.2, 0) is 20.9 Å². The summed E-state index contributed by atoms with van der Waals surface area (Å²) in [5.74, 6) is -2.42. The van der Waals surface area contributed by atoms with Gasteiger partial charge in [-0.1, -0.05) is 11.6 Å². The molecule has 10 heteroatoms. The van der Waals surface area contributed by atoms with Crippen LogP contribution in [0.5, 0.6) is 0 Å². The molecule has 32 heavy (non-hydrogen) atoms. The number of likely N-dealkylation sites (tertiary alicyclic amines) is 2. The predicted octanol–water partition coefficient (Wildman–Crippen LogP) is 3.41. The predicted molar refractivity (Wildman–Crippen MR) is 110 cm³/mol. The Kier molecular flexibility index (Phi) is 8.40. The summed E-state index contributed by atoms with van der Waals surface area (Å²) in [4.78, 5) is 42.3. The van der Waals surface area contributed by atoms with Gasteiger partial charge in [-0.3, -0.25) is 14.6 Å². The molecule has 0 aliphatic carbocycles. The second-order valence-electron chi connectivity index (χ2n) is 8.32. The van der Waals surface area contributed by atoms with E-state index < -0.39 is 12.1 Å². The summed E-state index contributed by atoms with van der Waals surface area (Å²) < 4.78 is 31.7. The summed E-state index contributed by atoms with van der Waals surface area (Å²) in [6.07, 6.45) is 3.64.